The molecule has 4 aromatic rings. The van der Waals surface area contributed by atoms with Crippen LogP contribution in [0.5, 0.6) is 0 Å². The molecule has 0 atom stereocenters. The zero-order valence-electron chi connectivity index (χ0n) is 20.9. The van der Waals surface area contributed by atoms with Crippen molar-refractivity contribution in [3.8, 4) is 6.07 Å². The molecule has 0 aliphatic heterocycles. The van der Waals surface area contributed by atoms with E-state index in [4.69, 9.17) is 21.4 Å². The lowest BCUT2D eigenvalue weighted by molar-refractivity contribution is -0.121. The fourth-order valence-corrected chi connectivity index (χ4v) is 4.64. The van der Waals surface area contributed by atoms with E-state index in [-0.39, 0.29) is 35.3 Å². The molecule has 5 rings (SSSR count). The highest BCUT2D eigenvalue weighted by Crippen LogP contribution is 2.27. The molecule has 0 spiro atoms. The Morgan fingerprint density at radius 1 is 1.15 bits per heavy atom. The van der Waals surface area contributed by atoms with Gasteiger partial charge < -0.3 is 25.8 Å². The highest BCUT2D eigenvalue weighted by atomic mass is 35.5. The molecule has 39 heavy (non-hydrogen) atoms. The van der Waals surface area contributed by atoms with Crippen LogP contribution in [0.1, 0.15) is 48.4 Å². The van der Waals surface area contributed by atoms with E-state index in [1.807, 2.05) is 6.07 Å². The normalized spacial score (nSPS) is 16.8. The molecule has 4 heterocycles. The van der Waals surface area contributed by atoms with Crippen molar-refractivity contribution in [3.05, 3.63) is 53.3 Å². The monoisotopic (exact) mass is 548 g/mol. The van der Waals surface area contributed by atoms with Crippen molar-refractivity contribution < 1.29 is 14.1 Å². The second kappa shape index (κ2) is 11.4. The number of nitrogens with zero attached hydrogens (tertiary/aromatic N) is 6. The number of imidazole rings is 1. The number of carbonyl (C=O) groups excluding carboxylic acids is 2. The number of halogens is 1. The van der Waals surface area contributed by atoms with Crippen molar-refractivity contribution in [1.82, 2.24) is 30.1 Å². The van der Waals surface area contributed by atoms with Crippen LogP contribution in [0.4, 0.5) is 23.0 Å². The molecule has 200 valence electrons. The predicted octanol–water partition coefficient (Wildman–Crippen LogP) is 3.82. The van der Waals surface area contributed by atoms with Gasteiger partial charge in [0.05, 0.1) is 18.0 Å². The molecule has 0 unspecified atom stereocenters. The van der Waals surface area contributed by atoms with Gasteiger partial charge in [0.25, 0.3) is 5.91 Å². The summed E-state index contributed by atoms with van der Waals surface area (Å²) in [6.07, 6.45) is 5.93. The Balaban J connectivity index is 1.39. The maximum atomic E-state index is 13.1. The second-order valence-electron chi connectivity index (χ2n) is 9.19. The Morgan fingerprint density at radius 2 is 1.95 bits per heavy atom. The number of nitriles is 1. The average Bonchev–Trinajstić information content (AvgIpc) is 3.51. The summed E-state index contributed by atoms with van der Waals surface area (Å²) in [5.41, 5.74) is 1.69. The van der Waals surface area contributed by atoms with Gasteiger partial charge >= 0.3 is 0 Å². The summed E-state index contributed by atoms with van der Waals surface area (Å²) >= 11 is 5.95. The number of pyridine rings is 1. The molecule has 1 aliphatic carbocycles. The largest absolute Gasteiger partial charge is 0.366 e. The summed E-state index contributed by atoms with van der Waals surface area (Å²) in [5.74, 6) is 0.979. The van der Waals surface area contributed by atoms with Gasteiger partial charge in [-0.25, -0.2) is 14.5 Å². The van der Waals surface area contributed by atoms with E-state index in [1.54, 1.807) is 31.2 Å². The van der Waals surface area contributed by atoms with Crippen molar-refractivity contribution in [2.45, 2.75) is 51.1 Å². The molecular formula is C25H25ClN10O3. The quantitative estimate of drug-likeness (QED) is 0.237. The first-order chi connectivity index (χ1) is 18.9. The number of anilines is 4. The SMILES string of the molecule is Cc1cc(Nc2cc(N[C@H]3CC[C@H](NC(=O)CC#N)CC3)nn3c(C(=O)Nc4ccnc(Cl)c4)cnc23)no1. The number of nitrogens with one attached hydrogen (secondary N) is 4. The van der Waals surface area contributed by atoms with Crippen LogP contribution in [0.2, 0.25) is 5.15 Å². The van der Waals surface area contributed by atoms with Gasteiger partial charge in [-0.1, -0.05) is 16.8 Å². The van der Waals surface area contributed by atoms with Gasteiger partial charge in [0.2, 0.25) is 5.91 Å². The molecule has 0 saturated heterocycles. The Bertz CT molecular complexity index is 1550. The summed E-state index contributed by atoms with van der Waals surface area (Å²) in [7, 11) is 0. The molecule has 4 aromatic heterocycles. The third kappa shape index (κ3) is 6.24. The van der Waals surface area contributed by atoms with Crippen LogP contribution >= 0.6 is 11.6 Å². The summed E-state index contributed by atoms with van der Waals surface area (Å²) in [6, 6.07) is 8.73. The summed E-state index contributed by atoms with van der Waals surface area (Å²) < 4.78 is 6.64. The van der Waals surface area contributed by atoms with Crippen LogP contribution in [-0.4, -0.2) is 48.6 Å². The molecule has 14 heteroatoms. The first-order valence-corrected chi connectivity index (χ1v) is 12.7. The van der Waals surface area contributed by atoms with E-state index in [0.717, 1.165) is 25.7 Å². The Kier molecular flexibility index (Phi) is 7.55. The van der Waals surface area contributed by atoms with Crippen molar-refractivity contribution in [1.29, 1.82) is 5.26 Å². The lowest BCUT2D eigenvalue weighted by Crippen LogP contribution is -2.40. The van der Waals surface area contributed by atoms with E-state index >= 15 is 0 Å². The van der Waals surface area contributed by atoms with Crippen LogP contribution in [-0.2, 0) is 4.79 Å². The zero-order chi connectivity index (χ0) is 27.4. The van der Waals surface area contributed by atoms with E-state index in [0.29, 0.717) is 34.4 Å². The standard InChI is InChI=1S/C25H25ClN10O3/c1-14-10-22(35-39-14)33-18-12-21(30-15-2-4-16(5-3-15)31-23(37)6-8-27)34-36-19(13-29-24(18)36)25(38)32-17-7-9-28-20(26)11-17/h7,9-13,15-16H,2-6H2,1H3,(H,30,34)(H,31,37)(H,33,35)(H,28,32,38)/t15-,16-. The van der Waals surface area contributed by atoms with Gasteiger partial charge in [-0.2, -0.15) is 5.26 Å². The van der Waals surface area contributed by atoms with E-state index in [9.17, 15) is 9.59 Å². The smallest absolute Gasteiger partial charge is 0.276 e. The molecule has 2 amide bonds. The maximum absolute atomic E-state index is 13.1. The third-order valence-corrected chi connectivity index (χ3v) is 6.47. The van der Waals surface area contributed by atoms with Crippen LogP contribution in [0.15, 0.2) is 41.2 Å². The van der Waals surface area contributed by atoms with Crippen molar-refractivity contribution in [3.63, 3.8) is 0 Å². The molecule has 0 bridgehead atoms. The Morgan fingerprint density at radius 3 is 2.67 bits per heavy atom. The van der Waals surface area contributed by atoms with Gasteiger partial charge in [-0.15, -0.1) is 5.10 Å². The minimum atomic E-state index is -0.425. The second-order valence-corrected chi connectivity index (χ2v) is 9.57. The molecule has 0 radical (unpaired) electrons. The summed E-state index contributed by atoms with van der Waals surface area (Å²) in [6.45, 7) is 1.79. The average molecular weight is 549 g/mol. The Labute approximate surface area is 227 Å². The molecular weight excluding hydrogens is 524 g/mol. The number of rotatable bonds is 8. The molecule has 0 aromatic carbocycles. The fraction of sp³-hybridized carbons (Fsp3) is 0.320. The van der Waals surface area contributed by atoms with Crippen molar-refractivity contribution in [2.24, 2.45) is 0 Å². The van der Waals surface area contributed by atoms with Gasteiger partial charge in [0.15, 0.2) is 17.2 Å². The van der Waals surface area contributed by atoms with E-state index in [1.165, 1.54) is 16.9 Å². The molecule has 1 fully saturated rings. The van der Waals surface area contributed by atoms with Crippen LogP contribution < -0.4 is 21.3 Å². The van der Waals surface area contributed by atoms with E-state index < -0.39 is 5.91 Å². The number of amides is 2. The zero-order valence-corrected chi connectivity index (χ0v) is 21.7. The minimum Gasteiger partial charge on any atom is -0.366 e. The number of hydrogen-bond acceptors (Lipinski definition) is 10. The van der Waals surface area contributed by atoms with Gasteiger partial charge in [0.1, 0.15) is 23.2 Å². The molecule has 1 aliphatic rings. The molecule has 1 saturated carbocycles. The number of hydrogen-bond donors (Lipinski definition) is 4. The summed E-state index contributed by atoms with van der Waals surface area (Å²) in [4.78, 5) is 33.3. The third-order valence-electron chi connectivity index (χ3n) is 6.26. The number of aromatic nitrogens is 5. The molecule has 13 nitrogen and oxygen atoms in total. The first kappa shape index (κ1) is 25.9. The van der Waals surface area contributed by atoms with Gasteiger partial charge in [-0.05, 0) is 44.7 Å². The van der Waals surface area contributed by atoms with Crippen LogP contribution in [0.3, 0.4) is 0 Å². The lowest BCUT2D eigenvalue weighted by Gasteiger charge is -2.30. The van der Waals surface area contributed by atoms with Gasteiger partial charge in [0, 0.05) is 36.1 Å². The minimum absolute atomic E-state index is 0.0395. The number of fused-ring (bicyclic) bond motifs is 1. The van der Waals surface area contributed by atoms with Crippen LogP contribution in [0.25, 0.3) is 5.65 Å². The topological polar surface area (TPSA) is 175 Å². The van der Waals surface area contributed by atoms with Gasteiger partial charge in [-0.3, -0.25) is 9.59 Å². The van der Waals surface area contributed by atoms with Crippen molar-refractivity contribution >= 4 is 52.1 Å². The first-order valence-electron chi connectivity index (χ1n) is 12.3. The number of aryl methyl sites for hydroxylation is 1. The maximum Gasteiger partial charge on any atom is 0.276 e. The number of carbonyl (C=O) groups is 2. The molecule has 4 N–H and O–H groups in total. The van der Waals surface area contributed by atoms with E-state index in [2.05, 4.69) is 41.5 Å². The fourth-order valence-electron chi connectivity index (χ4n) is 4.47. The van der Waals surface area contributed by atoms with Crippen molar-refractivity contribution in [2.75, 3.05) is 16.0 Å². The highest BCUT2D eigenvalue weighted by Gasteiger charge is 2.24. The predicted molar refractivity (Wildman–Crippen MR) is 143 cm³/mol. The van der Waals surface area contributed by atoms with Crippen LogP contribution in [0, 0.1) is 18.3 Å². The Hall–Kier alpha value is -4.70. The lowest BCUT2D eigenvalue weighted by atomic mass is 9.91. The highest BCUT2D eigenvalue weighted by molar-refractivity contribution is 6.29. The summed E-state index contributed by atoms with van der Waals surface area (Å²) in [5, 5.41) is 30.0.